The summed E-state index contributed by atoms with van der Waals surface area (Å²) in [6.07, 6.45) is 0. The summed E-state index contributed by atoms with van der Waals surface area (Å²) in [6, 6.07) is 51.9. The van der Waals surface area contributed by atoms with Gasteiger partial charge in [-0.05, 0) is 59.7 Å². The Morgan fingerprint density at radius 2 is 0.833 bits per heavy atom. The van der Waals surface area contributed by atoms with Crippen molar-refractivity contribution in [3.63, 3.8) is 0 Å². The van der Waals surface area contributed by atoms with E-state index in [1.165, 1.54) is 0 Å². The lowest BCUT2D eigenvalue weighted by Crippen LogP contribution is -2.20. The molecule has 54 heavy (non-hydrogen) atoms. The van der Waals surface area contributed by atoms with Crippen LogP contribution in [0.5, 0.6) is 23.0 Å². The van der Waals surface area contributed by atoms with E-state index in [0.29, 0.717) is 22.8 Å². The number of hydrogen-bond acceptors (Lipinski definition) is 6. The molecule has 0 bridgehead atoms. The second-order valence-corrected chi connectivity index (χ2v) is 14.0. The van der Waals surface area contributed by atoms with Crippen molar-refractivity contribution in [1.29, 1.82) is 0 Å². The normalized spacial score (nSPS) is 13.1. The molecule has 252 valence electrons. The molecule has 0 spiro atoms. The smallest absolute Gasteiger partial charge is 0.198 e. The predicted molar refractivity (Wildman–Crippen MR) is 214 cm³/mol. The lowest BCUT2D eigenvalue weighted by atomic mass is 9.98. The van der Waals surface area contributed by atoms with E-state index in [0.717, 1.165) is 105 Å². The fraction of sp³-hybridized carbons (Fsp3) is 0. The van der Waals surface area contributed by atoms with E-state index in [4.69, 9.17) is 22.7 Å². The van der Waals surface area contributed by atoms with Gasteiger partial charge in [0.1, 0.15) is 33.6 Å². The SMILES string of the molecule is c1ccc2c(c1)oc1c(-c3ccc4c(c3)Oc3cc5c(oc6ccccc65)c5c3N4c3ccc(-c4cccc6c4oc4ccccc46)cc3O5)cccc12. The van der Waals surface area contributed by atoms with Gasteiger partial charge in [-0.3, -0.25) is 4.90 Å². The Balaban J connectivity index is 1.03. The van der Waals surface area contributed by atoms with Crippen molar-refractivity contribution in [2.75, 3.05) is 4.90 Å². The molecule has 6 heteroatoms. The van der Waals surface area contributed by atoms with Crippen molar-refractivity contribution >= 4 is 82.9 Å². The minimum absolute atomic E-state index is 0.618. The Bertz CT molecular complexity index is 3410. The average Bonchev–Trinajstić information content (AvgIpc) is 3.92. The van der Waals surface area contributed by atoms with Gasteiger partial charge in [-0.25, -0.2) is 0 Å². The fourth-order valence-corrected chi connectivity index (χ4v) is 8.62. The van der Waals surface area contributed by atoms with Crippen LogP contribution in [-0.4, -0.2) is 0 Å². The number of anilines is 3. The summed E-state index contributed by atoms with van der Waals surface area (Å²) in [5.41, 5.74) is 11.5. The van der Waals surface area contributed by atoms with E-state index in [1.807, 2.05) is 54.6 Å². The summed E-state index contributed by atoms with van der Waals surface area (Å²) >= 11 is 0. The molecule has 0 fully saturated rings. The molecule has 11 aromatic rings. The lowest BCUT2D eigenvalue weighted by Gasteiger charge is -2.38. The Hall–Kier alpha value is -7.44. The molecule has 5 heterocycles. The Morgan fingerprint density at radius 3 is 1.41 bits per heavy atom. The fourth-order valence-electron chi connectivity index (χ4n) is 8.62. The third-order valence-electron chi connectivity index (χ3n) is 11.1. The number of ether oxygens (including phenoxy) is 2. The summed E-state index contributed by atoms with van der Waals surface area (Å²) in [4.78, 5) is 2.24. The molecule has 3 aromatic heterocycles. The maximum absolute atomic E-state index is 6.93. The van der Waals surface area contributed by atoms with Crippen molar-refractivity contribution in [2.24, 2.45) is 0 Å². The molecule has 8 aromatic carbocycles. The summed E-state index contributed by atoms with van der Waals surface area (Å²) in [5, 5.41) is 6.29. The molecular formula is C48H25NO5. The number of para-hydroxylation sites is 5. The Kier molecular flexibility index (Phi) is 5.28. The zero-order chi connectivity index (χ0) is 35.1. The van der Waals surface area contributed by atoms with Gasteiger partial charge in [0.2, 0.25) is 0 Å². The average molecular weight is 696 g/mol. The van der Waals surface area contributed by atoms with Crippen LogP contribution in [0, 0.1) is 0 Å². The Labute approximate surface area is 306 Å². The maximum atomic E-state index is 6.93. The lowest BCUT2D eigenvalue weighted by molar-refractivity contribution is 0.444. The third-order valence-corrected chi connectivity index (χ3v) is 11.1. The van der Waals surface area contributed by atoms with Gasteiger partial charge in [0.15, 0.2) is 28.6 Å². The first kappa shape index (κ1) is 28.2. The molecule has 0 radical (unpaired) electrons. The highest BCUT2D eigenvalue weighted by Crippen LogP contribution is 2.63. The first-order valence-electron chi connectivity index (χ1n) is 18.0. The van der Waals surface area contributed by atoms with Gasteiger partial charge < -0.3 is 22.7 Å². The van der Waals surface area contributed by atoms with Crippen LogP contribution in [0.25, 0.3) is 88.1 Å². The number of rotatable bonds is 2. The summed E-state index contributed by atoms with van der Waals surface area (Å²) in [6.45, 7) is 0. The summed E-state index contributed by atoms with van der Waals surface area (Å²) < 4.78 is 33.2. The standard InChI is InChI=1S/C48H25NO5/c1-4-16-38-30(9-1)33-14-7-12-28(45(33)51-38)26-19-21-36-41(23-26)50-43-25-35-32-11-3-6-18-40(32)53-47(35)48-44(43)49(36)37-22-20-27(24-42(37)54-48)29-13-8-15-34-31-10-2-5-17-39(31)52-46(29)34/h1-25H. The highest BCUT2D eigenvalue weighted by atomic mass is 16.5. The van der Waals surface area contributed by atoms with E-state index in [-0.39, 0.29) is 0 Å². The highest BCUT2D eigenvalue weighted by Gasteiger charge is 2.38. The van der Waals surface area contributed by atoms with Crippen LogP contribution in [0.4, 0.5) is 17.1 Å². The largest absolute Gasteiger partial charge is 0.455 e. The van der Waals surface area contributed by atoms with Crippen LogP contribution in [-0.2, 0) is 0 Å². The minimum Gasteiger partial charge on any atom is -0.455 e. The Morgan fingerprint density at radius 1 is 0.352 bits per heavy atom. The zero-order valence-corrected chi connectivity index (χ0v) is 28.4. The van der Waals surface area contributed by atoms with Crippen LogP contribution in [0.2, 0.25) is 0 Å². The number of nitrogens with zero attached hydrogens (tertiary/aromatic N) is 1. The molecule has 0 atom stereocenters. The molecule has 6 nitrogen and oxygen atoms in total. The van der Waals surface area contributed by atoms with E-state index in [9.17, 15) is 0 Å². The first-order chi connectivity index (χ1) is 26.7. The molecule has 0 saturated carbocycles. The second kappa shape index (κ2) is 10.1. The number of fused-ring (bicyclic) bond motifs is 14. The van der Waals surface area contributed by atoms with E-state index in [1.54, 1.807) is 0 Å². The molecule has 0 unspecified atom stereocenters. The number of hydrogen-bond donors (Lipinski definition) is 0. The van der Waals surface area contributed by atoms with Crippen LogP contribution in [0.1, 0.15) is 0 Å². The van der Waals surface area contributed by atoms with E-state index in [2.05, 4.69) is 102 Å². The zero-order valence-electron chi connectivity index (χ0n) is 28.4. The highest BCUT2D eigenvalue weighted by molar-refractivity contribution is 6.14. The summed E-state index contributed by atoms with van der Waals surface area (Å²) in [7, 11) is 0. The molecule has 0 N–H and O–H groups in total. The molecule has 0 aliphatic carbocycles. The second-order valence-electron chi connectivity index (χ2n) is 14.0. The summed E-state index contributed by atoms with van der Waals surface area (Å²) in [5.74, 6) is 2.75. The van der Waals surface area contributed by atoms with Crippen molar-refractivity contribution < 1.29 is 22.7 Å². The molecule has 2 aliphatic rings. The van der Waals surface area contributed by atoms with Gasteiger partial charge in [-0.1, -0.05) is 103 Å². The molecule has 2 aliphatic heterocycles. The van der Waals surface area contributed by atoms with Crippen LogP contribution in [0.3, 0.4) is 0 Å². The van der Waals surface area contributed by atoms with Gasteiger partial charge in [0.05, 0.1) is 11.4 Å². The maximum Gasteiger partial charge on any atom is 0.198 e. The van der Waals surface area contributed by atoms with Crippen molar-refractivity contribution in [2.45, 2.75) is 0 Å². The van der Waals surface area contributed by atoms with E-state index < -0.39 is 0 Å². The number of benzene rings is 8. The van der Waals surface area contributed by atoms with Crippen molar-refractivity contribution in [3.05, 3.63) is 152 Å². The van der Waals surface area contributed by atoms with E-state index >= 15 is 0 Å². The minimum atomic E-state index is 0.618. The molecular weight excluding hydrogens is 671 g/mol. The van der Waals surface area contributed by atoms with Crippen LogP contribution in [0.15, 0.2) is 165 Å². The topological polar surface area (TPSA) is 61.1 Å². The van der Waals surface area contributed by atoms with Crippen LogP contribution >= 0.6 is 0 Å². The van der Waals surface area contributed by atoms with Gasteiger partial charge in [0, 0.05) is 43.4 Å². The van der Waals surface area contributed by atoms with Crippen LogP contribution < -0.4 is 14.4 Å². The number of furan rings is 3. The molecule has 0 amide bonds. The molecule has 0 saturated heterocycles. The van der Waals surface area contributed by atoms with Gasteiger partial charge >= 0.3 is 0 Å². The van der Waals surface area contributed by atoms with Crippen molar-refractivity contribution in [3.8, 4) is 45.3 Å². The predicted octanol–water partition coefficient (Wildman–Crippen LogP) is 14.4. The third kappa shape index (κ3) is 3.68. The first-order valence-corrected chi connectivity index (χ1v) is 18.0. The van der Waals surface area contributed by atoms with Crippen molar-refractivity contribution in [1.82, 2.24) is 0 Å². The van der Waals surface area contributed by atoms with Gasteiger partial charge in [-0.2, -0.15) is 0 Å². The van der Waals surface area contributed by atoms with Gasteiger partial charge in [0.25, 0.3) is 0 Å². The quantitative estimate of drug-likeness (QED) is 0.179. The monoisotopic (exact) mass is 695 g/mol. The molecule has 13 rings (SSSR count). The van der Waals surface area contributed by atoms with Gasteiger partial charge in [-0.15, -0.1) is 0 Å².